The Kier molecular flexibility index (Phi) is 5.67. The summed E-state index contributed by atoms with van der Waals surface area (Å²) in [6.07, 6.45) is 0. The zero-order valence-electron chi connectivity index (χ0n) is 14.1. The molecule has 9 nitrogen and oxygen atoms in total. The summed E-state index contributed by atoms with van der Waals surface area (Å²) in [4.78, 5) is 22.5. The number of non-ortho nitro benzene ring substituents is 1. The molecule has 0 saturated heterocycles. The number of thioether (sulfide) groups is 1. The van der Waals surface area contributed by atoms with Crippen molar-refractivity contribution in [1.82, 2.24) is 10.2 Å². The molecule has 0 aliphatic rings. The van der Waals surface area contributed by atoms with Crippen LogP contribution in [0.15, 0.2) is 58.2 Å². The Morgan fingerprint density at radius 1 is 1.26 bits per heavy atom. The van der Waals surface area contributed by atoms with Gasteiger partial charge in [0.15, 0.2) is 0 Å². The maximum atomic E-state index is 12.2. The highest BCUT2D eigenvalue weighted by atomic mass is 32.2. The number of carbonyl (C=O) groups excluding carboxylic acids is 1. The zero-order valence-corrected chi connectivity index (χ0v) is 14.9. The molecule has 27 heavy (non-hydrogen) atoms. The number of benzene rings is 2. The lowest BCUT2D eigenvalue weighted by atomic mass is 10.2. The molecule has 1 heterocycles. The highest BCUT2D eigenvalue weighted by Crippen LogP contribution is 2.29. The second-order valence-corrected chi connectivity index (χ2v) is 6.14. The van der Waals surface area contributed by atoms with Gasteiger partial charge in [0.05, 0.1) is 23.5 Å². The van der Waals surface area contributed by atoms with Gasteiger partial charge in [0.25, 0.3) is 10.9 Å². The molecule has 0 spiro atoms. The van der Waals surface area contributed by atoms with E-state index in [1.165, 1.54) is 25.3 Å². The summed E-state index contributed by atoms with van der Waals surface area (Å²) in [6, 6.07) is 13.2. The number of nitrogens with zero attached hydrogens (tertiary/aromatic N) is 3. The number of aromatic nitrogens is 2. The number of anilines is 1. The molecular formula is C17H14N4O5S. The average Bonchev–Trinajstić information content (AvgIpc) is 3.16. The van der Waals surface area contributed by atoms with Crippen molar-refractivity contribution in [2.75, 3.05) is 18.2 Å². The number of nitro benzene ring substituents is 1. The van der Waals surface area contributed by atoms with E-state index in [2.05, 4.69) is 15.5 Å². The number of hydrogen-bond donors (Lipinski definition) is 1. The Bertz CT molecular complexity index is 961. The molecule has 1 amide bonds. The van der Waals surface area contributed by atoms with E-state index in [0.29, 0.717) is 11.6 Å². The molecule has 0 aliphatic heterocycles. The number of nitrogens with one attached hydrogen (secondary N) is 1. The lowest BCUT2D eigenvalue weighted by Gasteiger charge is -2.09. The van der Waals surface area contributed by atoms with E-state index in [9.17, 15) is 14.9 Å². The monoisotopic (exact) mass is 386 g/mol. The molecule has 138 valence electrons. The van der Waals surface area contributed by atoms with Gasteiger partial charge in [-0.3, -0.25) is 14.9 Å². The molecule has 0 aliphatic carbocycles. The van der Waals surface area contributed by atoms with Crippen LogP contribution in [0.1, 0.15) is 0 Å². The second kappa shape index (κ2) is 8.32. The standard InChI is InChI=1S/C17H14N4O5S/c1-25-14-8-7-12(21(23)24)9-13(14)18-15(22)10-27-17-20-19-16(26-17)11-5-3-2-4-6-11/h2-9H,10H2,1H3,(H,18,22). The van der Waals surface area contributed by atoms with Crippen LogP contribution in [0.3, 0.4) is 0 Å². The van der Waals surface area contributed by atoms with E-state index < -0.39 is 10.8 Å². The molecule has 3 aromatic rings. The number of methoxy groups -OCH3 is 1. The third kappa shape index (κ3) is 4.61. The third-order valence-electron chi connectivity index (χ3n) is 3.42. The normalized spacial score (nSPS) is 10.4. The van der Waals surface area contributed by atoms with Gasteiger partial charge in [0.1, 0.15) is 5.75 Å². The fourth-order valence-electron chi connectivity index (χ4n) is 2.19. The van der Waals surface area contributed by atoms with Crippen molar-refractivity contribution in [1.29, 1.82) is 0 Å². The van der Waals surface area contributed by atoms with Crippen molar-refractivity contribution in [3.63, 3.8) is 0 Å². The van der Waals surface area contributed by atoms with Crippen LogP contribution in [-0.4, -0.2) is 33.9 Å². The highest BCUT2D eigenvalue weighted by molar-refractivity contribution is 7.99. The van der Waals surface area contributed by atoms with Gasteiger partial charge in [-0.2, -0.15) is 0 Å². The van der Waals surface area contributed by atoms with E-state index in [1.54, 1.807) is 0 Å². The van der Waals surface area contributed by atoms with E-state index in [1.807, 2.05) is 30.3 Å². The third-order valence-corrected chi connectivity index (χ3v) is 4.24. The van der Waals surface area contributed by atoms with Crippen molar-refractivity contribution in [3.05, 3.63) is 58.6 Å². The SMILES string of the molecule is COc1ccc([N+](=O)[O-])cc1NC(=O)CSc1nnc(-c2ccccc2)o1. The van der Waals surface area contributed by atoms with Crippen molar-refractivity contribution >= 4 is 29.0 Å². The van der Waals surface area contributed by atoms with Crippen molar-refractivity contribution in [2.24, 2.45) is 0 Å². The second-order valence-electron chi connectivity index (χ2n) is 5.22. The van der Waals surface area contributed by atoms with Crippen LogP contribution < -0.4 is 10.1 Å². The largest absolute Gasteiger partial charge is 0.495 e. The summed E-state index contributed by atoms with van der Waals surface area (Å²) in [6.45, 7) is 0. The van der Waals surface area contributed by atoms with Crippen LogP contribution in [0.25, 0.3) is 11.5 Å². The molecule has 0 saturated carbocycles. The van der Waals surface area contributed by atoms with Crippen LogP contribution in [0, 0.1) is 10.1 Å². The van der Waals surface area contributed by atoms with E-state index >= 15 is 0 Å². The van der Waals surface area contributed by atoms with Gasteiger partial charge in [-0.1, -0.05) is 30.0 Å². The summed E-state index contributed by atoms with van der Waals surface area (Å²) in [5, 5.41) is 21.6. The zero-order chi connectivity index (χ0) is 19.2. The van der Waals surface area contributed by atoms with Gasteiger partial charge >= 0.3 is 0 Å². The summed E-state index contributed by atoms with van der Waals surface area (Å²) >= 11 is 1.06. The summed E-state index contributed by atoms with van der Waals surface area (Å²) in [5.41, 5.74) is 0.846. The number of ether oxygens (including phenoxy) is 1. The van der Waals surface area contributed by atoms with Crippen LogP contribution in [0.5, 0.6) is 5.75 Å². The van der Waals surface area contributed by atoms with Crippen LogP contribution in [-0.2, 0) is 4.79 Å². The molecule has 2 aromatic carbocycles. The number of rotatable bonds is 7. The predicted octanol–water partition coefficient (Wildman–Crippen LogP) is 3.38. The fraction of sp³-hybridized carbons (Fsp3) is 0.118. The average molecular weight is 386 g/mol. The predicted molar refractivity (Wildman–Crippen MR) is 98.7 cm³/mol. The number of carbonyl (C=O) groups is 1. The number of hydrogen-bond acceptors (Lipinski definition) is 8. The molecule has 0 radical (unpaired) electrons. The molecule has 1 aromatic heterocycles. The van der Waals surface area contributed by atoms with Gasteiger partial charge in [-0.25, -0.2) is 0 Å². The molecule has 0 unspecified atom stereocenters. The minimum Gasteiger partial charge on any atom is -0.495 e. The Hall–Kier alpha value is -3.40. The van der Waals surface area contributed by atoms with Crippen molar-refractivity contribution in [3.8, 4) is 17.2 Å². The number of nitro groups is 1. The summed E-state index contributed by atoms with van der Waals surface area (Å²) in [5.74, 6) is 0.280. The van der Waals surface area contributed by atoms with Gasteiger partial charge in [0, 0.05) is 17.7 Å². The molecule has 3 rings (SSSR count). The van der Waals surface area contributed by atoms with Gasteiger partial charge in [-0.15, -0.1) is 10.2 Å². The van der Waals surface area contributed by atoms with E-state index in [0.717, 1.165) is 17.3 Å². The van der Waals surface area contributed by atoms with E-state index in [4.69, 9.17) is 9.15 Å². The molecule has 10 heteroatoms. The first kappa shape index (κ1) is 18.4. The maximum absolute atomic E-state index is 12.2. The molecule has 0 fully saturated rings. The Morgan fingerprint density at radius 3 is 2.74 bits per heavy atom. The highest BCUT2D eigenvalue weighted by Gasteiger charge is 2.15. The molecule has 1 N–H and O–H groups in total. The topological polar surface area (TPSA) is 120 Å². The lowest BCUT2D eigenvalue weighted by Crippen LogP contribution is -2.14. The Labute approximate surface area is 157 Å². The Morgan fingerprint density at radius 2 is 2.04 bits per heavy atom. The van der Waals surface area contributed by atoms with Crippen LogP contribution in [0.4, 0.5) is 11.4 Å². The lowest BCUT2D eigenvalue weighted by molar-refractivity contribution is -0.384. The van der Waals surface area contributed by atoms with Crippen molar-refractivity contribution in [2.45, 2.75) is 5.22 Å². The van der Waals surface area contributed by atoms with Gasteiger partial charge < -0.3 is 14.5 Å². The minimum atomic E-state index is -0.548. The van der Waals surface area contributed by atoms with Gasteiger partial charge in [0.2, 0.25) is 11.8 Å². The maximum Gasteiger partial charge on any atom is 0.277 e. The first-order chi connectivity index (χ1) is 13.1. The van der Waals surface area contributed by atoms with Crippen LogP contribution in [0.2, 0.25) is 0 Å². The quantitative estimate of drug-likeness (QED) is 0.373. The van der Waals surface area contributed by atoms with Crippen molar-refractivity contribution < 1.29 is 18.9 Å². The smallest absolute Gasteiger partial charge is 0.277 e. The fourth-order valence-corrected chi connectivity index (χ4v) is 2.75. The summed E-state index contributed by atoms with van der Waals surface area (Å²) in [7, 11) is 1.41. The molecule has 0 bridgehead atoms. The first-order valence-corrected chi connectivity index (χ1v) is 8.69. The number of amides is 1. The van der Waals surface area contributed by atoms with E-state index in [-0.39, 0.29) is 22.4 Å². The molecular weight excluding hydrogens is 372 g/mol. The Balaban J connectivity index is 1.63. The van der Waals surface area contributed by atoms with Crippen LogP contribution >= 0.6 is 11.8 Å². The van der Waals surface area contributed by atoms with Gasteiger partial charge in [-0.05, 0) is 18.2 Å². The first-order valence-electron chi connectivity index (χ1n) is 7.71. The molecule has 0 atom stereocenters. The minimum absolute atomic E-state index is 0.0116. The summed E-state index contributed by atoms with van der Waals surface area (Å²) < 4.78 is 10.6.